The van der Waals surface area contributed by atoms with E-state index in [1.807, 2.05) is 23.5 Å². The molecule has 0 saturated heterocycles. The van der Waals surface area contributed by atoms with Crippen LogP contribution in [0.3, 0.4) is 0 Å². The standard InChI is InChI=1S/C82H72BN3S2/c1-79(2,3)49-37-39-68-60(41-49)56-27-15-21-33-72(56)87-74-35-23-17-29-58(74)62-43-51(81(7,8)9)45-64-77(62)85(68)70-47-53(84-66-31-19-13-25-54(66)55-26-14-20-32-67(55)84)48-71-76(70)83(64)65-46-52(82(10,11)12)44-63-59-30-18-24-36-75(59)88-73-34-22-16-28-57(73)61-42-50(80(4,5)6)38-40-69(61)86(71)78(63)65/h13-48H,1-12H3. The summed E-state index contributed by atoms with van der Waals surface area (Å²) < 4.78 is 2.56. The molecule has 88 heavy (non-hydrogen) atoms. The topological polar surface area (TPSA) is 11.4 Å². The Bertz CT molecular complexity index is 4630. The lowest BCUT2D eigenvalue weighted by molar-refractivity contribution is 0.590. The lowest BCUT2D eigenvalue weighted by Crippen LogP contribution is -2.62. The minimum Gasteiger partial charge on any atom is -0.310 e. The molecular weight excluding hydrogens is 1100 g/mol. The first-order chi connectivity index (χ1) is 42.2. The Morgan fingerprint density at radius 3 is 1.00 bits per heavy atom. The number of anilines is 6. The Morgan fingerprint density at radius 2 is 0.625 bits per heavy atom. The van der Waals surface area contributed by atoms with Gasteiger partial charge in [0.05, 0.1) is 28.1 Å². The lowest BCUT2D eigenvalue weighted by Gasteiger charge is -2.47. The Morgan fingerprint density at radius 1 is 0.295 bits per heavy atom. The average Bonchev–Trinajstić information content (AvgIpc) is 0.715. The van der Waals surface area contributed by atoms with Crippen LogP contribution < -0.4 is 26.2 Å². The quantitative estimate of drug-likeness (QED) is 0.152. The largest absolute Gasteiger partial charge is 0.310 e. The van der Waals surface area contributed by atoms with Crippen molar-refractivity contribution >= 4 is 103 Å². The second kappa shape index (κ2) is 19.5. The fourth-order valence-corrected chi connectivity index (χ4v) is 16.7. The summed E-state index contributed by atoms with van der Waals surface area (Å²) in [5.74, 6) is 0. The van der Waals surface area contributed by atoms with Gasteiger partial charge in [-0.2, -0.15) is 0 Å². The maximum Gasteiger partial charge on any atom is 0.252 e. The Kier molecular flexibility index (Phi) is 12.2. The molecule has 0 atom stereocenters. The van der Waals surface area contributed by atoms with Crippen LogP contribution in [-0.2, 0) is 21.7 Å². The van der Waals surface area contributed by atoms with Gasteiger partial charge in [0.1, 0.15) is 0 Å². The van der Waals surface area contributed by atoms with Gasteiger partial charge in [-0.3, -0.25) is 0 Å². The summed E-state index contributed by atoms with van der Waals surface area (Å²) in [6, 6.07) is 85.3. The second-order valence-corrected chi connectivity index (χ2v) is 31.1. The van der Waals surface area contributed by atoms with Crippen molar-refractivity contribution in [3.8, 4) is 50.2 Å². The number of aromatic nitrogens is 1. The van der Waals surface area contributed by atoms with E-state index in [1.165, 1.54) is 147 Å². The predicted octanol–water partition coefficient (Wildman–Crippen LogP) is 21.7. The van der Waals surface area contributed by atoms with Crippen LogP contribution in [0, 0.1) is 0 Å². The lowest BCUT2D eigenvalue weighted by atomic mass is 9.32. The molecule has 0 saturated carbocycles. The zero-order valence-corrected chi connectivity index (χ0v) is 54.2. The summed E-state index contributed by atoms with van der Waals surface area (Å²) >= 11 is 3.81. The van der Waals surface area contributed by atoms with E-state index in [9.17, 15) is 0 Å². The molecule has 12 aromatic rings. The highest BCUT2D eigenvalue weighted by Crippen LogP contribution is 2.58. The fraction of sp³-hybridized carbons (Fsp3) is 0.195. The SMILES string of the molecule is CC(C)(C)c1ccc2c(c1)-c1ccccc1Sc1ccccc1-c1cc(C(C)(C)C)cc3c1N2c1cc(-n2c4ccccc4c4ccccc42)cc2c1B3c1cc(C(C)(C)C)cc3c1N2c1ccc(C(C)(C)C)cc1-c1ccccc1Sc1ccccc1-3. The van der Waals surface area contributed by atoms with E-state index >= 15 is 0 Å². The van der Waals surface area contributed by atoms with Crippen molar-refractivity contribution in [2.45, 2.75) is 124 Å². The van der Waals surface area contributed by atoms with E-state index in [0.29, 0.717) is 0 Å². The summed E-state index contributed by atoms with van der Waals surface area (Å²) in [6.45, 7) is 28.3. The minimum absolute atomic E-state index is 0.114. The van der Waals surface area contributed by atoms with Crippen molar-refractivity contribution in [3.05, 3.63) is 241 Å². The highest BCUT2D eigenvalue weighted by atomic mass is 32.2. The van der Waals surface area contributed by atoms with E-state index in [-0.39, 0.29) is 28.4 Å². The van der Waals surface area contributed by atoms with Crippen LogP contribution >= 0.6 is 23.5 Å². The number of fused-ring (bicyclic) bond motifs is 19. The van der Waals surface area contributed by atoms with Gasteiger partial charge in [-0.05, 0) is 167 Å². The van der Waals surface area contributed by atoms with Crippen LogP contribution in [0.1, 0.15) is 105 Å². The molecule has 0 fully saturated rings. The molecule has 4 aliphatic heterocycles. The molecule has 1 aromatic heterocycles. The van der Waals surface area contributed by atoms with Crippen LogP contribution in [0.5, 0.6) is 0 Å². The molecular formula is C82H72BN3S2. The Balaban J connectivity index is 1.17. The van der Waals surface area contributed by atoms with Crippen LogP contribution in [0.2, 0.25) is 0 Å². The Labute approximate surface area is 528 Å². The van der Waals surface area contributed by atoms with Gasteiger partial charge in [0.25, 0.3) is 6.71 Å². The van der Waals surface area contributed by atoms with Gasteiger partial charge in [0, 0.05) is 75.4 Å². The van der Waals surface area contributed by atoms with Gasteiger partial charge in [0.2, 0.25) is 0 Å². The number of nitrogens with zero attached hydrogens (tertiary/aromatic N) is 3. The third-order valence-electron chi connectivity index (χ3n) is 19.2. The van der Waals surface area contributed by atoms with Gasteiger partial charge >= 0.3 is 0 Å². The summed E-state index contributed by atoms with van der Waals surface area (Å²) in [5, 5.41) is 2.48. The number of benzene rings is 11. The zero-order valence-electron chi connectivity index (χ0n) is 52.5. The summed E-state index contributed by atoms with van der Waals surface area (Å²) in [7, 11) is 0. The summed E-state index contributed by atoms with van der Waals surface area (Å²) in [4.78, 5) is 10.5. The van der Waals surface area contributed by atoms with E-state index < -0.39 is 0 Å². The van der Waals surface area contributed by atoms with Crippen LogP contribution in [0.15, 0.2) is 238 Å². The predicted molar refractivity (Wildman–Crippen MR) is 380 cm³/mol. The summed E-state index contributed by atoms with van der Waals surface area (Å²) in [6.07, 6.45) is 0. The normalized spacial score (nSPS) is 14.0. The Hall–Kier alpha value is -8.42. The monoisotopic (exact) mass is 1170 g/mol. The molecule has 0 radical (unpaired) electrons. The molecule has 4 aliphatic rings. The molecule has 0 spiro atoms. The molecule has 0 unspecified atom stereocenters. The van der Waals surface area contributed by atoms with Crippen LogP contribution in [-0.4, -0.2) is 11.3 Å². The smallest absolute Gasteiger partial charge is 0.252 e. The zero-order chi connectivity index (χ0) is 60.5. The maximum absolute atomic E-state index is 2.75. The molecule has 5 heterocycles. The number of para-hydroxylation sites is 2. The van der Waals surface area contributed by atoms with Crippen molar-refractivity contribution in [1.29, 1.82) is 0 Å². The number of rotatable bonds is 1. The third-order valence-corrected chi connectivity index (χ3v) is 21.5. The average molecular weight is 1170 g/mol. The van der Waals surface area contributed by atoms with Gasteiger partial charge in [-0.25, -0.2) is 0 Å². The molecule has 0 bridgehead atoms. The number of hydrogen-bond donors (Lipinski definition) is 0. The van der Waals surface area contributed by atoms with Crippen molar-refractivity contribution < 1.29 is 0 Å². The second-order valence-electron chi connectivity index (χ2n) is 28.9. The van der Waals surface area contributed by atoms with E-state index in [1.54, 1.807) is 0 Å². The maximum atomic E-state index is 2.75. The van der Waals surface area contributed by atoms with Crippen LogP contribution in [0.4, 0.5) is 34.1 Å². The molecule has 0 aliphatic carbocycles. The van der Waals surface area contributed by atoms with Crippen LogP contribution in [0.25, 0.3) is 72.0 Å². The van der Waals surface area contributed by atoms with Crippen molar-refractivity contribution in [2.24, 2.45) is 0 Å². The highest BCUT2D eigenvalue weighted by Gasteiger charge is 2.48. The molecule has 11 aromatic carbocycles. The minimum atomic E-state index is -0.199. The molecule has 430 valence electrons. The van der Waals surface area contributed by atoms with E-state index in [4.69, 9.17) is 0 Å². The van der Waals surface area contributed by atoms with Gasteiger partial charge in [-0.15, -0.1) is 0 Å². The van der Waals surface area contributed by atoms with Gasteiger partial charge < -0.3 is 14.4 Å². The molecule has 0 amide bonds. The molecule has 3 nitrogen and oxygen atoms in total. The third kappa shape index (κ3) is 8.48. The summed E-state index contributed by atoms with van der Waals surface area (Å²) in [5.41, 5.74) is 29.1. The van der Waals surface area contributed by atoms with Gasteiger partial charge in [0.15, 0.2) is 0 Å². The molecule has 6 heteroatoms. The van der Waals surface area contributed by atoms with Crippen molar-refractivity contribution in [1.82, 2.24) is 4.57 Å². The first-order valence-corrected chi connectivity index (χ1v) is 33.0. The number of hydrogen-bond acceptors (Lipinski definition) is 4. The van der Waals surface area contributed by atoms with E-state index in [0.717, 1.165) is 17.1 Å². The van der Waals surface area contributed by atoms with E-state index in [2.05, 4.69) is 316 Å². The molecule has 16 rings (SSSR count). The van der Waals surface area contributed by atoms with Crippen molar-refractivity contribution in [2.75, 3.05) is 9.80 Å². The highest BCUT2D eigenvalue weighted by molar-refractivity contribution is 8.00. The molecule has 0 N–H and O–H groups in total. The first-order valence-electron chi connectivity index (χ1n) is 31.3. The van der Waals surface area contributed by atoms with Gasteiger partial charge in [-0.1, -0.05) is 240 Å². The van der Waals surface area contributed by atoms with Crippen molar-refractivity contribution in [3.63, 3.8) is 0 Å². The first kappa shape index (κ1) is 54.9. The fourth-order valence-electron chi connectivity index (χ4n) is 14.5.